The molecule has 7 heteroatoms. The Bertz CT molecular complexity index is 1300. The average molecular weight is 492 g/mol. The van der Waals surface area contributed by atoms with Crippen molar-refractivity contribution in [3.8, 4) is 11.5 Å². The van der Waals surface area contributed by atoms with Gasteiger partial charge in [0.2, 0.25) is 0 Å². The van der Waals surface area contributed by atoms with Gasteiger partial charge in [-0.05, 0) is 61.7 Å². The molecule has 0 fully saturated rings. The smallest absolute Gasteiger partial charge is 0.257 e. The molecule has 6 nitrogen and oxygen atoms in total. The van der Waals surface area contributed by atoms with E-state index < -0.39 is 0 Å². The van der Waals surface area contributed by atoms with Gasteiger partial charge >= 0.3 is 0 Å². The number of carbonyl (C=O) groups excluding carboxylic acids is 1. The highest BCUT2D eigenvalue weighted by Gasteiger charge is 2.11. The van der Waals surface area contributed by atoms with Crippen molar-refractivity contribution in [3.63, 3.8) is 0 Å². The normalized spacial score (nSPS) is 10.9. The van der Waals surface area contributed by atoms with Crippen molar-refractivity contribution in [1.29, 1.82) is 0 Å². The minimum Gasteiger partial charge on any atom is -0.490 e. The molecule has 0 spiro atoms. The van der Waals surface area contributed by atoms with Gasteiger partial charge in [-0.25, -0.2) is 4.98 Å². The van der Waals surface area contributed by atoms with Crippen LogP contribution in [0.2, 0.25) is 5.02 Å². The summed E-state index contributed by atoms with van der Waals surface area (Å²) >= 11 is 6.21. The van der Waals surface area contributed by atoms with Crippen LogP contribution < -0.4 is 14.8 Å². The maximum absolute atomic E-state index is 12.3. The fourth-order valence-electron chi connectivity index (χ4n) is 3.91. The Morgan fingerprint density at radius 3 is 2.66 bits per heavy atom. The Kier molecular flexibility index (Phi) is 8.27. The predicted molar refractivity (Wildman–Crippen MR) is 139 cm³/mol. The summed E-state index contributed by atoms with van der Waals surface area (Å²) in [7, 11) is 0. The number of carbonyl (C=O) groups is 1. The van der Waals surface area contributed by atoms with Crippen molar-refractivity contribution in [1.82, 2.24) is 14.9 Å². The number of benzene rings is 3. The van der Waals surface area contributed by atoms with Crippen molar-refractivity contribution in [2.75, 3.05) is 19.8 Å². The third kappa shape index (κ3) is 6.55. The number of ether oxygens (including phenoxy) is 2. The van der Waals surface area contributed by atoms with E-state index in [0.29, 0.717) is 30.5 Å². The summed E-state index contributed by atoms with van der Waals surface area (Å²) in [6.45, 7) is 5.65. The van der Waals surface area contributed by atoms with E-state index in [-0.39, 0.29) is 12.5 Å². The number of aromatic nitrogens is 2. The standard InChI is InChI=1S/C28H30ClN3O3/c1-20-13-14-21(2)26(18-20)35-19-28(33)30-15-7-12-27-31-23-9-4-5-10-24(23)32(27)16-17-34-25-11-6-3-8-22(25)29/h3-6,8-11,13-14,18H,7,12,15-17,19H2,1-2H3,(H,30,33). The highest BCUT2D eigenvalue weighted by Crippen LogP contribution is 2.24. The van der Waals surface area contributed by atoms with Gasteiger partial charge in [-0.2, -0.15) is 0 Å². The fraction of sp³-hybridized carbons (Fsp3) is 0.286. The largest absolute Gasteiger partial charge is 0.490 e. The first-order valence-electron chi connectivity index (χ1n) is 11.8. The number of hydrogen-bond acceptors (Lipinski definition) is 4. The highest BCUT2D eigenvalue weighted by molar-refractivity contribution is 6.32. The van der Waals surface area contributed by atoms with E-state index in [4.69, 9.17) is 26.1 Å². The summed E-state index contributed by atoms with van der Waals surface area (Å²) in [5.74, 6) is 2.25. The maximum atomic E-state index is 12.3. The molecule has 1 aromatic heterocycles. The summed E-state index contributed by atoms with van der Waals surface area (Å²) in [5.41, 5.74) is 4.13. The van der Waals surface area contributed by atoms with Gasteiger partial charge in [-0.1, -0.05) is 48.0 Å². The van der Waals surface area contributed by atoms with Gasteiger partial charge in [0.15, 0.2) is 6.61 Å². The van der Waals surface area contributed by atoms with Crippen LogP contribution in [0.15, 0.2) is 66.7 Å². The fourth-order valence-corrected chi connectivity index (χ4v) is 4.10. The van der Waals surface area contributed by atoms with E-state index in [1.807, 2.05) is 74.5 Å². The summed E-state index contributed by atoms with van der Waals surface area (Å²) in [5, 5.41) is 3.54. The van der Waals surface area contributed by atoms with Crippen molar-refractivity contribution >= 4 is 28.5 Å². The summed E-state index contributed by atoms with van der Waals surface area (Å²) < 4.78 is 13.8. The zero-order chi connectivity index (χ0) is 24.6. The Labute approximate surface area is 210 Å². The van der Waals surface area contributed by atoms with Crippen LogP contribution in [0.1, 0.15) is 23.4 Å². The number of aryl methyl sites for hydroxylation is 3. The molecule has 0 atom stereocenters. The number of nitrogens with zero attached hydrogens (tertiary/aromatic N) is 2. The van der Waals surface area contributed by atoms with Crippen LogP contribution in [0, 0.1) is 13.8 Å². The molecule has 0 aliphatic rings. The van der Waals surface area contributed by atoms with E-state index in [2.05, 4.69) is 16.0 Å². The number of fused-ring (bicyclic) bond motifs is 1. The first-order valence-corrected chi connectivity index (χ1v) is 12.2. The van der Waals surface area contributed by atoms with E-state index in [1.54, 1.807) is 0 Å². The molecule has 182 valence electrons. The molecule has 0 aliphatic carbocycles. The quantitative estimate of drug-likeness (QED) is 0.281. The molecule has 0 radical (unpaired) electrons. The van der Waals surface area contributed by atoms with Gasteiger partial charge < -0.3 is 19.4 Å². The Morgan fingerprint density at radius 2 is 1.80 bits per heavy atom. The Hall–Kier alpha value is -3.51. The van der Waals surface area contributed by atoms with Crippen LogP contribution in [-0.4, -0.2) is 35.2 Å². The van der Waals surface area contributed by atoms with Gasteiger partial charge in [0.25, 0.3) is 5.91 Å². The summed E-state index contributed by atoms with van der Waals surface area (Å²) in [6.07, 6.45) is 1.50. The van der Waals surface area contributed by atoms with Crippen LogP contribution in [0.4, 0.5) is 0 Å². The number of imidazole rings is 1. The topological polar surface area (TPSA) is 65.4 Å². The molecule has 0 unspecified atom stereocenters. The molecule has 0 aliphatic heterocycles. The van der Waals surface area contributed by atoms with Gasteiger partial charge in [-0.15, -0.1) is 0 Å². The van der Waals surface area contributed by atoms with Crippen molar-refractivity contribution in [3.05, 3.63) is 88.7 Å². The third-order valence-corrected chi connectivity index (χ3v) is 6.06. The number of rotatable bonds is 11. The number of amides is 1. The average Bonchev–Trinajstić information content (AvgIpc) is 3.21. The molecule has 0 saturated heterocycles. The number of para-hydroxylation sites is 3. The first-order chi connectivity index (χ1) is 17.0. The predicted octanol–water partition coefficient (Wildman–Crippen LogP) is 5.51. The van der Waals surface area contributed by atoms with Crippen LogP contribution in [-0.2, 0) is 17.8 Å². The summed E-state index contributed by atoms with van der Waals surface area (Å²) in [6, 6.07) is 21.5. The lowest BCUT2D eigenvalue weighted by atomic mass is 10.1. The molecular weight excluding hydrogens is 462 g/mol. The molecule has 0 saturated carbocycles. The third-order valence-electron chi connectivity index (χ3n) is 5.74. The maximum Gasteiger partial charge on any atom is 0.257 e. The van der Waals surface area contributed by atoms with E-state index in [1.165, 1.54) is 0 Å². The second kappa shape index (κ2) is 11.8. The first kappa shape index (κ1) is 24.6. The van der Waals surface area contributed by atoms with Gasteiger partial charge in [-0.3, -0.25) is 4.79 Å². The van der Waals surface area contributed by atoms with E-state index in [0.717, 1.165) is 46.6 Å². The van der Waals surface area contributed by atoms with E-state index >= 15 is 0 Å². The van der Waals surface area contributed by atoms with Crippen LogP contribution in [0.5, 0.6) is 11.5 Å². The Balaban J connectivity index is 1.29. The minimum absolute atomic E-state index is 0.00217. The molecule has 1 N–H and O–H groups in total. The molecule has 1 heterocycles. The van der Waals surface area contributed by atoms with Crippen molar-refractivity contribution in [2.24, 2.45) is 0 Å². The molecule has 4 aromatic rings. The van der Waals surface area contributed by atoms with Crippen LogP contribution in [0.3, 0.4) is 0 Å². The molecular formula is C28H30ClN3O3. The Morgan fingerprint density at radius 1 is 1.00 bits per heavy atom. The number of nitrogens with one attached hydrogen (secondary N) is 1. The zero-order valence-electron chi connectivity index (χ0n) is 20.1. The lowest BCUT2D eigenvalue weighted by Gasteiger charge is -2.12. The minimum atomic E-state index is -0.132. The van der Waals surface area contributed by atoms with Crippen molar-refractivity contribution in [2.45, 2.75) is 33.2 Å². The van der Waals surface area contributed by atoms with Crippen LogP contribution >= 0.6 is 11.6 Å². The number of halogens is 1. The van der Waals surface area contributed by atoms with Gasteiger partial charge in [0.1, 0.15) is 23.9 Å². The van der Waals surface area contributed by atoms with E-state index in [9.17, 15) is 4.79 Å². The molecule has 0 bridgehead atoms. The second-order valence-corrected chi connectivity index (χ2v) is 8.87. The molecule has 4 rings (SSSR count). The van der Waals surface area contributed by atoms with Crippen LogP contribution in [0.25, 0.3) is 11.0 Å². The van der Waals surface area contributed by atoms with Gasteiger partial charge in [0.05, 0.1) is 22.6 Å². The highest BCUT2D eigenvalue weighted by atomic mass is 35.5. The number of hydrogen-bond donors (Lipinski definition) is 1. The lowest BCUT2D eigenvalue weighted by Crippen LogP contribution is -2.30. The second-order valence-electron chi connectivity index (χ2n) is 8.46. The zero-order valence-corrected chi connectivity index (χ0v) is 20.8. The molecule has 35 heavy (non-hydrogen) atoms. The monoisotopic (exact) mass is 491 g/mol. The lowest BCUT2D eigenvalue weighted by molar-refractivity contribution is -0.123. The SMILES string of the molecule is Cc1ccc(C)c(OCC(=O)NCCCc2nc3ccccc3n2CCOc2ccccc2Cl)c1. The molecule has 3 aromatic carbocycles. The van der Waals surface area contributed by atoms with Crippen molar-refractivity contribution < 1.29 is 14.3 Å². The summed E-state index contributed by atoms with van der Waals surface area (Å²) in [4.78, 5) is 17.1. The van der Waals surface area contributed by atoms with Gasteiger partial charge in [0, 0.05) is 13.0 Å². The molecule has 1 amide bonds.